The van der Waals surface area contributed by atoms with Crippen LogP contribution in [0, 0.1) is 0 Å². The van der Waals surface area contributed by atoms with E-state index in [0.29, 0.717) is 34.9 Å². The van der Waals surface area contributed by atoms with Gasteiger partial charge in [-0.15, -0.1) is 0 Å². The lowest BCUT2D eigenvalue weighted by Crippen LogP contribution is -2.33. The highest BCUT2D eigenvalue weighted by atomic mass is 16.5. The number of phenolic OH excluding ortho intramolecular Hbond substituents is 1. The second-order valence-electron chi connectivity index (χ2n) is 8.76. The summed E-state index contributed by atoms with van der Waals surface area (Å²) in [6.45, 7) is 1.37. The lowest BCUT2D eigenvalue weighted by molar-refractivity contribution is 0.101. The van der Waals surface area contributed by atoms with Crippen LogP contribution in [0.15, 0.2) is 60.6 Å². The summed E-state index contributed by atoms with van der Waals surface area (Å²) in [5.41, 5.74) is 2.99. The van der Waals surface area contributed by atoms with Gasteiger partial charge < -0.3 is 19.3 Å². The average Bonchev–Trinajstić information content (AvgIpc) is 3.21. The maximum Gasteiger partial charge on any atom is 0.231 e. The van der Waals surface area contributed by atoms with E-state index in [1.54, 1.807) is 50.8 Å². The zero-order valence-corrected chi connectivity index (χ0v) is 19.9. The second-order valence-corrected chi connectivity index (χ2v) is 8.76. The maximum absolute atomic E-state index is 13.2. The predicted octanol–water partition coefficient (Wildman–Crippen LogP) is 5.15. The number of carbonyl (C=O) groups is 1. The summed E-state index contributed by atoms with van der Waals surface area (Å²) in [4.78, 5) is 19.8. The number of methoxy groups -OCH3 is 2. The third-order valence-corrected chi connectivity index (χ3v) is 6.67. The number of hydrogen-bond donors (Lipinski definition) is 1. The Kier molecular flexibility index (Phi) is 6.42. The van der Waals surface area contributed by atoms with Gasteiger partial charge >= 0.3 is 0 Å². The molecule has 0 spiro atoms. The Morgan fingerprint density at radius 2 is 2.00 bits per heavy atom. The first-order chi connectivity index (χ1) is 17.1. The normalized spacial score (nSPS) is 18.9. The molecule has 2 aromatic carbocycles. The van der Waals surface area contributed by atoms with Crippen molar-refractivity contribution in [1.82, 2.24) is 9.88 Å². The highest BCUT2D eigenvalue weighted by Gasteiger charge is 2.33. The fourth-order valence-corrected chi connectivity index (χ4v) is 4.88. The number of pyridine rings is 1. The van der Waals surface area contributed by atoms with Crippen LogP contribution in [0.25, 0.3) is 6.08 Å². The number of aromatic hydroxyl groups is 1. The van der Waals surface area contributed by atoms with Crippen molar-refractivity contribution in [2.45, 2.75) is 31.8 Å². The van der Waals surface area contributed by atoms with E-state index in [-0.39, 0.29) is 23.3 Å². The Hall–Kier alpha value is -3.84. The summed E-state index contributed by atoms with van der Waals surface area (Å²) < 4.78 is 16.8. The van der Waals surface area contributed by atoms with Crippen LogP contribution in [0.2, 0.25) is 0 Å². The number of nitrogens with zero attached hydrogens (tertiary/aromatic N) is 2. The molecule has 0 radical (unpaired) electrons. The number of fused-ring (bicyclic) bond motifs is 1. The van der Waals surface area contributed by atoms with Gasteiger partial charge in [0.15, 0.2) is 17.3 Å². The Morgan fingerprint density at radius 1 is 1.14 bits per heavy atom. The van der Waals surface area contributed by atoms with Crippen molar-refractivity contribution in [1.29, 1.82) is 0 Å². The monoisotopic (exact) mass is 472 g/mol. The molecule has 1 fully saturated rings. The summed E-state index contributed by atoms with van der Waals surface area (Å²) in [5.74, 6) is 1.72. The molecule has 35 heavy (non-hydrogen) atoms. The highest BCUT2D eigenvalue weighted by Crippen LogP contribution is 2.42. The van der Waals surface area contributed by atoms with Crippen molar-refractivity contribution < 1.29 is 24.1 Å². The number of allylic oxidation sites excluding steroid dienone is 1. The van der Waals surface area contributed by atoms with E-state index < -0.39 is 0 Å². The van der Waals surface area contributed by atoms with Gasteiger partial charge in [0.25, 0.3) is 0 Å². The highest BCUT2D eigenvalue weighted by molar-refractivity contribution is 6.15. The molecule has 0 amide bonds. The minimum absolute atomic E-state index is 0.124. The fourth-order valence-electron chi connectivity index (χ4n) is 4.88. The van der Waals surface area contributed by atoms with Crippen molar-refractivity contribution in [2.75, 3.05) is 20.8 Å². The molecule has 1 atom stereocenters. The van der Waals surface area contributed by atoms with E-state index >= 15 is 0 Å². The molecule has 0 unspecified atom stereocenters. The molecule has 0 aliphatic carbocycles. The molecule has 0 bridgehead atoms. The number of ketones is 1. The van der Waals surface area contributed by atoms with E-state index in [2.05, 4.69) is 16.0 Å². The molecule has 5 rings (SSSR count). The minimum atomic E-state index is -0.210. The van der Waals surface area contributed by atoms with Crippen LogP contribution in [0.4, 0.5) is 0 Å². The molecular formula is C28H28N2O5. The van der Waals surface area contributed by atoms with Crippen LogP contribution < -0.4 is 14.2 Å². The average molecular weight is 473 g/mol. The Morgan fingerprint density at radius 3 is 2.77 bits per heavy atom. The molecule has 0 saturated carbocycles. The lowest BCUT2D eigenvalue weighted by atomic mass is 9.95. The van der Waals surface area contributed by atoms with E-state index in [9.17, 15) is 9.90 Å². The standard InChI is InChI=1S/C28H28N2O5/c1-33-24-11-8-18(14-25(24)34-2)15-26-27(32)20-9-10-23(31)21(28(20)35-26)17-30-13-4-3-7-22(30)19-6-5-12-29-16-19/h5-6,8-12,14-16,22,31H,3-4,7,13,17H2,1-2H3/b26-15-/t22-/m0/s1. The molecule has 3 heterocycles. The molecule has 1 N–H and O–H groups in total. The van der Waals surface area contributed by atoms with Crippen LogP contribution in [0.1, 0.15) is 52.4 Å². The zero-order chi connectivity index (χ0) is 24.4. The second kappa shape index (κ2) is 9.80. The maximum atomic E-state index is 13.2. The van der Waals surface area contributed by atoms with Gasteiger partial charge in [0.2, 0.25) is 5.78 Å². The zero-order valence-electron chi connectivity index (χ0n) is 19.9. The van der Waals surface area contributed by atoms with Crippen LogP contribution in [0.3, 0.4) is 0 Å². The summed E-state index contributed by atoms with van der Waals surface area (Å²) in [5, 5.41) is 10.8. The lowest BCUT2D eigenvalue weighted by Gasteiger charge is -2.36. The Bertz CT molecular complexity index is 1270. The van der Waals surface area contributed by atoms with Crippen LogP contribution in [-0.4, -0.2) is 41.5 Å². The van der Waals surface area contributed by atoms with Crippen molar-refractivity contribution in [3.8, 4) is 23.0 Å². The van der Waals surface area contributed by atoms with Crippen molar-refractivity contribution >= 4 is 11.9 Å². The van der Waals surface area contributed by atoms with Gasteiger partial charge in [0.05, 0.1) is 25.3 Å². The number of benzene rings is 2. The molecule has 2 aliphatic heterocycles. The number of ether oxygens (including phenoxy) is 3. The van der Waals surface area contributed by atoms with E-state index in [1.165, 1.54) is 0 Å². The topological polar surface area (TPSA) is 81.1 Å². The first-order valence-electron chi connectivity index (χ1n) is 11.7. The number of hydrogen-bond acceptors (Lipinski definition) is 7. The fraction of sp³-hybridized carbons (Fsp3) is 0.286. The van der Waals surface area contributed by atoms with Crippen LogP contribution in [-0.2, 0) is 6.54 Å². The quantitative estimate of drug-likeness (QED) is 0.497. The SMILES string of the molecule is COc1ccc(/C=C2\Oc3c(ccc(O)c3CN3CCCC[C@H]3c3cccnc3)C2=O)cc1OC. The van der Waals surface area contributed by atoms with Gasteiger partial charge in [-0.25, -0.2) is 0 Å². The summed E-state index contributed by atoms with van der Waals surface area (Å²) in [6.07, 6.45) is 8.61. The number of aromatic nitrogens is 1. The molecule has 1 saturated heterocycles. The number of phenols is 1. The van der Waals surface area contributed by atoms with Crippen LogP contribution >= 0.6 is 0 Å². The summed E-state index contributed by atoms with van der Waals surface area (Å²) in [6, 6.07) is 12.9. The summed E-state index contributed by atoms with van der Waals surface area (Å²) >= 11 is 0. The van der Waals surface area contributed by atoms with Gasteiger partial charge in [-0.1, -0.05) is 18.6 Å². The van der Waals surface area contributed by atoms with Gasteiger partial charge in [0.1, 0.15) is 11.5 Å². The molecule has 1 aromatic heterocycles. The molecule has 7 heteroatoms. The Labute approximate surface area is 204 Å². The third-order valence-electron chi connectivity index (χ3n) is 6.67. The Balaban J connectivity index is 1.45. The number of piperidine rings is 1. The van der Waals surface area contributed by atoms with Gasteiger partial charge in [-0.3, -0.25) is 14.7 Å². The van der Waals surface area contributed by atoms with Gasteiger partial charge in [-0.05, 0) is 66.9 Å². The molecule has 7 nitrogen and oxygen atoms in total. The summed E-state index contributed by atoms with van der Waals surface area (Å²) in [7, 11) is 3.14. The van der Waals surface area contributed by atoms with Crippen LogP contribution in [0.5, 0.6) is 23.0 Å². The van der Waals surface area contributed by atoms with E-state index in [0.717, 1.165) is 36.9 Å². The minimum Gasteiger partial charge on any atom is -0.507 e. The van der Waals surface area contributed by atoms with Gasteiger partial charge in [0, 0.05) is 25.0 Å². The van der Waals surface area contributed by atoms with Crippen molar-refractivity contribution in [2.24, 2.45) is 0 Å². The number of likely N-dealkylation sites (tertiary alicyclic amines) is 1. The smallest absolute Gasteiger partial charge is 0.231 e. The molecule has 180 valence electrons. The predicted molar refractivity (Wildman–Crippen MR) is 132 cm³/mol. The van der Waals surface area contributed by atoms with Crippen molar-refractivity contribution in [3.63, 3.8) is 0 Å². The molecule has 2 aliphatic rings. The van der Waals surface area contributed by atoms with Gasteiger partial charge in [-0.2, -0.15) is 0 Å². The number of rotatable bonds is 6. The third kappa shape index (κ3) is 4.47. The largest absolute Gasteiger partial charge is 0.507 e. The number of carbonyl (C=O) groups excluding carboxylic acids is 1. The first-order valence-corrected chi connectivity index (χ1v) is 11.7. The molecule has 3 aromatic rings. The number of Topliss-reactive ketones (excluding diaryl/α,β-unsaturated/α-hetero) is 1. The molecular weight excluding hydrogens is 444 g/mol. The van der Waals surface area contributed by atoms with Crippen molar-refractivity contribution in [3.05, 3.63) is 82.9 Å². The first kappa shape index (κ1) is 22.9. The van der Waals surface area contributed by atoms with E-state index in [4.69, 9.17) is 14.2 Å². The van der Waals surface area contributed by atoms with E-state index in [1.807, 2.05) is 18.3 Å².